The minimum Gasteiger partial charge on any atom is -0.464 e. The molecule has 1 heterocycles. The third-order valence-electron chi connectivity index (χ3n) is 2.91. The van der Waals surface area contributed by atoms with Crippen LogP contribution in [0.25, 0.3) is 0 Å². The molecule has 0 spiro atoms. The van der Waals surface area contributed by atoms with Crippen LogP contribution in [0.5, 0.6) is 0 Å². The van der Waals surface area contributed by atoms with Crippen molar-refractivity contribution in [2.24, 2.45) is 0 Å². The van der Waals surface area contributed by atoms with Crippen molar-refractivity contribution in [2.45, 2.75) is 19.9 Å². The Hall–Kier alpha value is -2.76. The average molecular weight is 302 g/mol. The van der Waals surface area contributed by atoms with Crippen molar-refractivity contribution in [3.05, 3.63) is 48.4 Å². The van der Waals surface area contributed by atoms with Crippen LogP contribution < -0.4 is 10.6 Å². The summed E-state index contributed by atoms with van der Waals surface area (Å²) in [6.45, 7) is 3.84. The lowest BCUT2D eigenvalue weighted by Crippen LogP contribution is -2.28. The lowest BCUT2D eigenvalue weighted by molar-refractivity contribution is -0.143. The Kier molecular flexibility index (Phi) is 5.19. The number of amides is 1. The van der Waals surface area contributed by atoms with Crippen LogP contribution >= 0.6 is 0 Å². The van der Waals surface area contributed by atoms with Gasteiger partial charge in [0.15, 0.2) is 5.76 Å². The van der Waals surface area contributed by atoms with Crippen molar-refractivity contribution >= 4 is 23.3 Å². The Morgan fingerprint density at radius 1 is 1.18 bits per heavy atom. The Bertz CT molecular complexity index is 620. The zero-order chi connectivity index (χ0) is 15.9. The lowest BCUT2D eigenvalue weighted by Gasteiger charge is -2.14. The van der Waals surface area contributed by atoms with Gasteiger partial charge in [0.2, 0.25) is 0 Å². The van der Waals surface area contributed by atoms with Crippen molar-refractivity contribution in [2.75, 3.05) is 17.2 Å². The summed E-state index contributed by atoms with van der Waals surface area (Å²) in [5.74, 6) is -0.374. The van der Waals surface area contributed by atoms with Crippen molar-refractivity contribution < 1.29 is 18.7 Å². The van der Waals surface area contributed by atoms with Gasteiger partial charge in [-0.2, -0.15) is 0 Å². The van der Waals surface area contributed by atoms with Gasteiger partial charge in [0.25, 0.3) is 5.91 Å². The molecule has 1 aromatic carbocycles. The molecule has 2 N–H and O–H groups in total. The van der Waals surface area contributed by atoms with E-state index in [1.54, 1.807) is 50.2 Å². The fraction of sp³-hybridized carbons (Fsp3) is 0.250. The van der Waals surface area contributed by atoms with E-state index in [4.69, 9.17) is 9.15 Å². The van der Waals surface area contributed by atoms with Gasteiger partial charge in [-0.3, -0.25) is 4.79 Å². The normalized spacial score (nSPS) is 11.5. The number of anilines is 2. The summed E-state index contributed by atoms with van der Waals surface area (Å²) in [5.41, 5.74) is 1.40. The summed E-state index contributed by atoms with van der Waals surface area (Å²) >= 11 is 0. The number of rotatable bonds is 6. The van der Waals surface area contributed by atoms with Gasteiger partial charge in [-0.15, -0.1) is 0 Å². The molecule has 1 unspecified atom stereocenters. The molecule has 2 aromatic rings. The maximum atomic E-state index is 11.8. The van der Waals surface area contributed by atoms with Crippen LogP contribution in [-0.2, 0) is 9.53 Å². The van der Waals surface area contributed by atoms with E-state index in [-0.39, 0.29) is 17.6 Å². The highest BCUT2D eigenvalue weighted by atomic mass is 16.5. The SMILES string of the molecule is CCOC(=O)C(C)Nc1ccc(NC(=O)c2ccco2)cc1. The second-order valence-electron chi connectivity index (χ2n) is 4.63. The van der Waals surface area contributed by atoms with E-state index in [2.05, 4.69) is 10.6 Å². The average Bonchev–Trinajstić information content (AvgIpc) is 3.04. The molecule has 0 aliphatic rings. The van der Waals surface area contributed by atoms with E-state index in [0.29, 0.717) is 12.3 Å². The number of nitrogens with one attached hydrogen (secondary N) is 2. The number of carbonyl (C=O) groups excluding carboxylic acids is 2. The predicted octanol–water partition coefficient (Wildman–Crippen LogP) is 2.90. The summed E-state index contributed by atoms with van der Waals surface area (Å²) in [5, 5.41) is 5.74. The predicted molar refractivity (Wildman–Crippen MR) is 82.8 cm³/mol. The Morgan fingerprint density at radius 3 is 2.45 bits per heavy atom. The molecule has 1 aromatic heterocycles. The number of carbonyl (C=O) groups is 2. The molecule has 0 saturated heterocycles. The van der Waals surface area contributed by atoms with Crippen LogP contribution in [0.15, 0.2) is 47.1 Å². The number of ether oxygens (including phenoxy) is 1. The zero-order valence-electron chi connectivity index (χ0n) is 12.5. The van der Waals surface area contributed by atoms with Gasteiger partial charge in [-0.1, -0.05) is 0 Å². The quantitative estimate of drug-likeness (QED) is 0.802. The summed E-state index contributed by atoms with van der Waals surface area (Å²) < 4.78 is 9.94. The minimum absolute atomic E-state index is 0.248. The first-order chi connectivity index (χ1) is 10.6. The molecule has 0 fully saturated rings. The van der Waals surface area contributed by atoms with Gasteiger partial charge in [0, 0.05) is 11.4 Å². The van der Waals surface area contributed by atoms with Crippen molar-refractivity contribution in [1.29, 1.82) is 0 Å². The number of furan rings is 1. The smallest absolute Gasteiger partial charge is 0.328 e. The molecule has 0 aliphatic carbocycles. The molecule has 1 amide bonds. The first-order valence-corrected chi connectivity index (χ1v) is 6.98. The summed E-state index contributed by atoms with van der Waals surface area (Å²) in [7, 11) is 0. The minimum atomic E-state index is -0.441. The van der Waals surface area contributed by atoms with Gasteiger partial charge < -0.3 is 19.8 Å². The van der Waals surface area contributed by atoms with Gasteiger partial charge in [0.1, 0.15) is 6.04 Å². The molecule has 0 radical (unpaired) electrons. The highest BCUT2D eigenvalue weighted by molar-refractivity contribution is 6.02. The molecular weight excluding hydrogens is 284 g/mol. The molecule has 0 aliphatic heterocycles. The van der Waals surface area contributed by atoms with Gasteiger partial charge in [-0.05, 0) is 50.2 Å². The van der Waals surface area contributed by atoms with Gasteiger partial charge in [0.05, 0.1) is 12.9 Å². The number of esters is 1. The van der Waals surface area contributed by atoms with E-state index >= 15 is 0 Å². The number of hydrogen-bond donors (Lipinski definition) is 2. The van der Waals surface area contributed by atoms with Crippen LogP contribution in [0.3, 0.4) is 0 Å². The van der Waals surface area contributed by atoms with E-state index in [9.17, 15) is 9.59 Å². The standard InChI is InChI=1S/C16H18N2O4/c1-3-21-16(20)11(2)17-12-6-8-13(9-7-12)18-15(19)14-5-4-10-22-14/h4-11,17H,3H2,1-2H3,(H,18,19). The molecule has 0 bridgehead atoms. The summed E-state index contributed by atoms with van der Waals surface area (Å²) in [4.78, 5) is 23.4. The van der Waals surface area contributed by atoms with Crippen LogP contribution in [0, 0.1) is 0 Å². The Labute approximate surface area is 128 Å². The first kappa shape index (κ1) is 15.6. The van der Waals surface area contributed by atoms with Crippen LogP contribution in [-0.4, -0.2) is 24.5 Å². The molecule has 6 heteroatoms. The van der Waals surface area contributed by atoms with E-state index in [0.717, 1.165) is 5.69 Å². The van der Waals surface area contributed by atoms with Gasteiger partial charge in [-0.25, -0.2) is 4.79 Å². The highest BCUT2D eigenvalue weighted by Crippen LogP contribution is 2.16. The Balaban J connectivity index is 1.93. The molecule has 116 valence electrons. The maximum Gasteiger partial charge on any atom is 0.328 e. The molecule has 0 saturated carbocycles. The monoisotopic (exact) mass is 302 g/mol. The molecule has 6 nitrogen and oxygen atoms in total. The first-order valence-electron chi connectivity index (χ1n) is 6.98. The largest absolute Gasteiger partial charge is 0.464 e. The van der Waals surface area contributed by atoms with Crippen molar-refractivity contribution in [3.63, 3.8) is 0 Å². The summed E-state index contributed by atoms with van der Waals surface area (Å²) in [6.07, 6.45) is 1.44. The summed E-state index contributed by atoms with van der Waals surface area (Å²) in [6, 6.07) is 9.82. The fourth-order valence-electron chi connectivity index (χ4n) is 1.83. The second kappa shape index (κ2) is 7.31. The third kappa shape index (κ3) is 4.12. The maximum absolute atomic E-state index is 11.8. The van der Waals surface area contributed by atoms with Crippen LogP contribution in [0.1, 0.15) is 24.4 Å². The lowest BCUT2D eigenvalue weighted by atomic mass is 10.2. The van der Waals surface area contributed by atoms with Crippen LogP contribution in [0.4, 0.5) is 11.4 Å². The molecule has 1 atom stereocenters. The molecule has 2 rings (SSSR count). The van der Waals surface area contributed by atoms with Crippen LogP contribution in [0.2, 0.25) is 0 Å². The molecular formula is C16H18N2O4. The van der Waals surface area contributed by atoms with Crippen molar-refractivity contribution in [1.82, 2.24) is 0 Å². The fourth-order valence-corrected chi connectivity index (χ4v) is 1.83. The van der Waals surface area contributed by atoms with Crippen molar-refractivity contribution in [3.8, 4) is 0 Å². The highest BCUT2D eigenvalue weighted by Gasteiger charge is 2.13. The van der Waals surface area contributed by atoms with E-state index in [1.807, 2.05) is 0 Å². The third-order valence-corrected chi connectivity index (χ3v) is 2.91. The zero-order valence-corrected chi connectivity index (χ0v) is 12.5. The number of hydrogen-bond acceptors (Lipinski definition) is 5. The second-order valence-corrected chi connectivity index (χ2v) is 4.63. The molecule has 22 heavy (non-hydrogen) atoms. The number of benzene rings is 1. The van der Waals surface area contributed by atoms with E-state index in [1.165, 1.54) is 6.26 Å². The topological polar surface area (TPSA) is 80.6 Å². The Morgan fingerprint density at radius 2 is 1.86 bits per heavy atom. The van der Waals surface area contributed by atoms with Gasteiger partial charge >= 0.3 is 5.97 Å². The van der Waals surface area contributed by atoms with E-state index < -0.39 is 6.04 Å².